The molecule has 0 heterocycles. The predicted octanol–water partition coefficient (Wildman–Crippen LogP) is 0.893. The number of para-hydroxylation sites is 1. The van der Waals surface area contributed by atoms with E-state index in [1.54, 1.807) is 12.1 Å². The Kier molecular flexibility index (Phi) is 3.65. The minimum Gasteiger partial charge on any atom is -0.376 e. The molecule has 1 rings (SSSR count). The molecule has 0 aliphatic rings. The van der Waals surface area contributed by atoms with Crippen LogP contribution in [0.15, 0.2) is 24.3 Å². The predicted molar refractivity (Wildman–Crippen MR) is 59.8 cm³/mol. The van der Waals surface area contributed by atoms with Crippen LogP contribution >= 0.6 is 12.2 Å². The average molecular weight is 204 g/mol. The van der Waals surface area contributed by atoms with E-state index in [0.29, 0.717) is 17.5 Å². The van der Waals surface area contributed by atoms with Gasteiger partial charge in [-0.1, -0.05) is 18.1 Å². The Hall–Kier alpha value is -1.86. The first-order chi connectivity index (χ1) is 6.74. The van der Waals surface area contributed by atoms with Crippen molar-refractivity contribution < 1.29 is 4.79 Å². The highest BCUT2D eigenvalue weighted by atomic mass is 32.1. The van der Waals surface area contributed by atoms with E-state index in [1.165, 1.54) is 0 Å². The lowest BCUT2D eigenvalue weighted by molar-refractivity contribution is -0.103. The van der Waals surface area contributed by atoms with Crippen LogP contribution in [0.2, 0.25) is 0 Å². The van der Waals surface area contributed by atoms with Crippen LogP contribution in [0.25, 0.3) is 0 Å². The molecule has 0 amide bonds. The molecular weight excluding hydrogens is 196 g/mol. The number of carbonyl (C=O) groups excluding carboxylic acids is 1. The lowest BCUT2D eigenvalue weighted by Crippen LogP contribution is -2.19. The van der Waals surface area contributed by atoms with E-state index in [9.17, 15) is 4.79 Å². The third-order valence-electron chi connectivity index (χ3n) is 1.45. The molecule has 0 aliphatic carbocycles. The highest BCUT2D eigenvalue weighted by Gasteiger charge is 1.97. The zero-order valence-electron chi connectivity index (χ0n) is 7.28. The van der Waals surface area contributed by atoms with E-state index in [2.05, 4.69) is 17.2 Å². The van der Waals surface area contributed by atoms with Crippen molar-refractivity contribution >= 4 is 29.3 Å². The van der Waals surface area contributed by atoms with Gasteiger partial charge in [-0.25, -0.2) is 0 Å². The van der Waals surface area contributed by atoms with Gasteiger partial charge in [-0.05, 0) is 30.3 Å². The SMILES string of the molecule is NC(=S)Nc1ccccc1C#CC=O. The molecule has 70 valence electrons. The van der Waals surface area contributed by atoms with Gasteiger partial charge >= 0.3 is 0 Å². The number of hydrogen-bond donors (Lipinski definition) is 2. The summed E-state index contributed by atoms with van der Waals surface area (Å²) in [5.41, 5.74) is 6.72. The fourth-order valence-electron chi connectivity index (χ4n) is 0.941. The van der Waals surface area contributed by atoms with Crippen LogP contribution in [0.3, 0.4) is 0 Å². The van der Waals surface area contributed by atoms with Crippen LogP contribution < -0.4 is 11.1 Å². The molecule has 0 aromatic heterocycles. The molecule has 14 heavy (non-hydrogen) atoms. The van der Waals surface area contributed by atoms with Crippen molar-refractivity contribution in [2.45, 2.75) is 0 Å². The molecule has 0 radical (unpaired) electrons. The van der Waals surface area contributed by atoms with Crippen molar-refractivity contribution in [1.82, 2.24) is 0 Å². The Morgan fingerprint density at radius 2 is 2.21 bits per heavy atom. The molecule has 0 unspecified atom stereocenters. The quantitative estimate of drug-likeness (QED) is 0.405. The maximum atomic E-state index is 10.1. The van der Waals surface area contributed by atoms with Crippen LogP contribution in [-0.2, 0) is 4.79 Å². The molecule has 0 saturated carbocycles. The van der Waals surface area contributed by atoms with Crippen molar-refractivity contribution in [3.63, 3.8) is 0 Å². The molecule has 1 aromatic carbocycles. The van der Waals surface area contributed by atoms with Crippen LogP contribution in [0.1, 0.15) is 5.56 Å². The Balaban J connectivity index is 3.02. The number of aldehydes is 1. The van der Waals surface area contributed by atoms with Gasteiger partial charge in [0, 0.05) is 5.56 Å². The molecule has 1 aromatic rings. The largest absolute Gasteiger partial charge is 0.376 e. The maximum Gasteiger partial charge on any atom is 0.193 e. The van der Waals surface area contributed by atoms with E-state index >= 15 is 0 Å². The molecule has 0 atom stereocenters. The third kappa shape index (κ3) is 2.88. The topological polar surface area (TPSA) is 55.1 Å². The van der Waals surface area contributed by atoms with E-state index in [1.807, 2.05) is 12.1 Å². The van der Waals surface area contributed by atoms with Gasteiger partial charge in [-0.3, -0.25) is 4.79 Å². The normalized spacial score (nSPS) is 8.29. The highest BCUT2D eigenvalue weighted by Crippen LogP contribution is 2.12. The van der Waals surface area contributed by atoms with Gasteiger partial charge in [0.15, 0.2) is 11.4 Å². The van der Waals surface area contributed by atoms with Gasteiger partial charge in [0.1, 0.15) is 0 Å². The number of thiocarbonyl (C=S) groups is 1. The Bertz CT molecular complexity index is 418. The first-order valence-electron chi connectivity index (χ1n) is 3.84. The minimum absolute atomic E-state index is 0.172. The summed E-state index contributed by atoms with van der Waals surface area (Å²) in [7, 11) is 0. The fourth-order valence-corrected chi connectivity index (χ4v) is 1.05. The summed E-state index contributed by atoms with van der Waals surface area (Å²) >= 11 is 4.70. The van der Waals surface area contributed by atoms with Crippen molar-refractivity contribution in [2.24, 2.45) is 5.73 Å². The number of carbonyl (C=O) groups is 1. The van der Waals surface area contributed by atoms with E-state index < -0.39 is 0 Å². The Morgan fingerprint density at radius 3 is 2.86 bits per heavy atom. The number of benzene rings is 1. The number of anilines is 1. The van der Waals surface area contributed by atoms with Crippen molar-refractivity contribution in [3.05, 3.63) is 29.8 Å². The fraction of sp³-hybridized carbons (Fsp3) is 0. The molecule has 0 bridgehead atoms. The lowest BCUT2D eigenvalue weighted by Gasteiger charge is -2.05. The second-order valence-corrected chi connectivity index (χ2v) is 2.86. The third-order valence-corrected chi connectivity index (χ3v) is 1.55. The second kappa shape index (κ2) is 5.00. The van der Waals surface area contributed by atoms with Crippen LogP contribution in [-0.4, -0.2) is 11.4 Å². The van der Waals surface area contributed by atoms with E-state index in [4.69, 9.17) is 18.0 Å². The smallest absolute Gasteiger partial charge is 0.193 e. The summed E-state index contributed by atoms with van der Waals surface area (Å²) in [4.78, 5) is 10.1. The van der Waals surface area contributed by atoms with Gasteiger partial charge in [0.25, 0.3) is 0 Å². The summed E-state index contributed by atoms with van der Waals surface area (Å²) in [6, 6.07) is 7.21. The minimum atomic E-state index is 0.172. The first kappa shape index (κ1) is 10.2. The summed E-state index contributed by atoms with van der Waals surface area (Å²) in [6.07, 6.45) is 0.539. The molecule has 0 aliphatic heterocycles. The van der Waals surface area contributed by atoms with Crippen molar-refractivity contribution in [3.8, 4) is 11.8 Å². The average Bonchev–Trinajstić information content (AvgIpc) is 2.16. The molecular formula is C10H8N2OS. The standard InChI is InChI=1S/C10H8N2OS/c11-10(14)12-9-6-2-1-4-8(9)5-3-7-13/h1-2,4,6-7H,(H3,11,12,14). The monoisotopic (exact) mass is 204 g/mol. The van der Waals surface area contributed by atoms with E-state index in [0.717, 1.165) is 0 Å². The van der Waals surface area contributed by atoms with Crippen molar-refractivity contribution in [1.29, 1.82) is 0 Å². The second-order valence-electron chi connectivity index (χ2n) is 2.42. The summed E-state index contributed by atoms with van der Waals surface area (Å²) in [5.74, 6) is 5.00. The van der Waals surface area contributed by atoms with Gasteiger partial charge < -0.3 is 11.1 Å². The molecule has 3 nitrogen and oxygen atoms in total. The van der Waals surface area contributed by atoms with Gasteiger partial charge in [0.05, 0.1) is 5.69 Å². The van der Waals surface area contributed by atoms with Crippen LogP contribution in [0.5, 0.6) is 0 Å². The summed E-state index contributed by atoms with van der Waals surface area (Å²) < 4.78 is 0. The Labute approximate surface area is 87.3 Å². The van der Waals surface area contributed by atoms with Crippen LogP contribution in [0.4, 0.5) is 5.69 Å². The van der Waals surface area contributed by atoms with Gasteiger partial charge in [-0.15, -0.1) is 0 Å². The molecule has 0 spiro atoms. The Morgan fingerprint density at radius 1 is 1.50 bits per heavy atom. The maximum absolute atomic E-state index is 10.1. The highest BCUT2D eigenvalue weighted by molar-refractivity contribution is 7.80. The molecule has 0 fully saturated rings. The summed E-state index contributed by atoms with van der Waals surface area (Å²) in [5, 5.41) is 2.94. The van der Waals surface area contributed by atoms with Gasteiger partial charge in [-0.2, -0.15) is 0 Å². The lowest BCUT2D eigenvalue weighted by atomic mass is 10.2. The van der Waals surface area contributed by atoms with Crippen molar-refractivity contribution in [2.75, 3.05) is 5.32 Å². The molecule has 4 heteroatoms. The molecule has 3 N–H and O–H groups in total. The molecule has 0 saturated heterocycles. The number of hydrogen-bond acceptors (Lipinski definition) is 2. The van der Waals surface area contributed by atoms with Gasteiger partial charge in [0.2, 0.25) is 0 Å². The summed E-state index contributed by atoms with van der Waals surface area (Å²) in [6.45, 7) is 0. The number of nitrogens with one attached hydrogen (secondary N) is 1. The van der Waals surface area contributed by atoms with Crippen LogP contribution in [0, 0.1) is 11.8 Å². The number of nitrogens with two attached hydrogens (primary N) is 1. The van der Waals surface area contributed by atoms with E-state index in [-0.39, 0.29) is 5.11 Å². The zero-order chi connectivity index (χ0) is 10.4. The number of rotatable bonds is 1. The first-order valence-corrected chi connectivity index (χ1v) is 4.25. The zero-order valence-corrected chi connectivity index (χ0v) is 8.10.